The SMILES string of the molecule is C=C(CN1CCN(C(C)OC)CC1)OCC. The van der Waals surface area contributed by atoms with E-state index >= 15 is 0 Å². The molecule has 0 amide bonds. The minimum atomic E-state index is 0.220. The summed E-state index contributed by atoms with van der Waals surface area (Å²) < 4.78 is 10.7. The van der Waals surface area contributed by atoms with Crippen molar-refractivity contribution in [3.63, 3.8) is 0 Å². The Labute approximate surface area is 98.8 Å². The van der Waals surface area contributed by atoms with Gasteiger partial charge in [0.2, 0.25) is 0 Å². The molecule has 0 bridgehead atoms. The van der Waals surface area contributed by atoms with Gasteiger partial charge in [0.25, 0.3) is 0 Å². The summed E-state index contributed by atoms with van der Waals surface area (Å²) in [7, 11) is 1.76. The molecule has 4 heteroatoms. The van der Waals surface area contributed by atoms with Crippen molar-refractivity contribution < 1.29 is 9.47 Å². The second kappa shape index (κ2) is 6.89. The first-order valence-corrected chi connectivity index (χ1v) is 5.97. The number of ether oxygens (including phenoxy) is 2. The Morgan fingerprint density at radius 1 is 1.31 bits per heavy atom. The summed E-state index contributed by atoms with van der Waals surface area (Å²) in [6.45, 7) is 13.8. The van der Waals surface area contributed by atoms with Crippen molar-refractivity contribution in [3.8, 4) is 0 Å². The quantitative estimate of drug-likeness (QED) is 0.637. The standard InChI is InChI=1S/C12H24N2O2/c1-5-16-11(2)10-13-6-8-14(9-7-13)12(3)15-4/h12H,2,5-10H2,1,3-4H3. The molecule has 1 aliphatic heterocycles. The van der Waals surface area contributed by atoms with Gasteiger partial charge in [0.05, 0.1) is 13.2 Å². The summed E-state index contributed by atoms with van der Waals surface area (Å²) in [5, 5.41) is 0. The van der Waals surface area contributed by atoms with E-state index in [9.17, 15) is 0 Å². The molecule has 1 heterocycles. The van der Waals surface area contributed by atoms with E-state index in [0.717, 1.165) is 38.5 Å². The Morgan fingerprint density at radius 3 is 2.44 bits per heavy atom. The molecule has 1 aliphatic rings. The van der Waals surface area contributed by atoms with Crippen molar-refractivity contribution in [1.29, 1.82) is 0 Å². The zero-order chi connectivity index (χ0) is 12.0. The summed E-state index contributed by atoms with van der Waals surface area (Å²) >= 11 is 0. The molecular formula is C12H24N2O2. The summed E-state index contributed by atoms with van der Waals surface area (Å²) in [6, 6.07) is 0. The molecule has 1 rings (SSSR count). The lowest BCUT2D eigenvalue weighted by Crippen LogP contribution is -2.50. The van der Waals surface area contributed by atoms with Crippen LogP contribution >= 0.6 is 0 Å². The Kier molecular flexibility index (Phi) is 5.80. The zero-order valence-electron chi connectivity index (χ0n) is 10.7. The van der Waals surface area contributed by atoms with E-state index in [4.69, 9.17) is 9.47 Å². The average molecular weight is 228 g/mol. The minimum Gasteiger partial charge on any atom is -0.497 e. The van der Waals surface area contributed by atoms with Gasteiger partial charge < -0.3 is 9.47 Å². The molecule has 0 aliphatic carbocycles. The van der Waals surface area contributed by atoms with Crippen LogP contribution in [-0.4, -0.2) is 62.5 Å². The van der Waals surface area contributed by atoms with Crippen LogP contribution in [0.5, 0.6) is 0 Å². The van der Waals surface area contributed by atoms with Gasteiger partial charge in [-0.3, -0.25) is 9.80 Å². The first-order chi connectivity index (χ1) is 7.67. The lowest BCUT2D eigenvalue weighted by molar-refractivity contribution is -0.0416. The Morgan fingerprint density at radius 2 is 1.94 bits per heavy atom. The zero-order valence-corrected chi connectivity index (χ0v) is 10.7. The highest BCUT2D eigenvalue weighted by atomic mass is 16.5. The van der Waals surface area contributed by atoms with Gasteiger partial charge in [-0.15, -0.1) is 0 Å². The Bertz CT molecular complexity index is 213. The molecule has 16 heavy (non-hydrogen) atoms. The van der Waals surface area contributed by atoms with Crippen LogP contribution < -0.4 is 0 Å². The highest BCUT2D eigenvalue weighted by Crippen LogP contribution is 2.08. The van der Waals surface area contributed by atoms with Gasteiger partial charge in [-0.25, -0.2) is 0 Å². The fourth-order valence-electron chi connectivity index (χ4n) is 1.93. The van der Waals surface area contributed by atoms with E-state index in [1.54, 1.807) is 7.11 Å². The third-order valence-electron chi connectivity index (χ3n) is 3.01. The second-order valence-corrected chi connectivity index (χ2v) is 4.12. The molecule has 0 aromatic rings. The van der Waals surface area contributed by atoms with Crippen LogP contribution in [-0.2, 0) is 9.47 Å². The van der Waals surface area contributed by atoms with Crippen LogP contribution in [0.4, 0.5) is 0 Å². The number of hydrogen-bond acceptors (Lipinski definition) is 4. The maximum atomic E-state index is 5.37. The van der Waals surface area contributed by atoms with E-state index in [1.165, 1.54) is 0 Å². The van der Waals surface area contributed by atoms with Crippen LogP contribution in [0.3, 0.4) is 0 Å². The third-order valence-corrected chi connectivity index (χ3v) is 3.01. The average Bonchev–Trinajstić information content (AvgIpc) is 2.29. The fraction of sp³-hybridized carbons (Fsp3) is 0.833. The molecule has 1 saturated heterocycles. The second-order valence-electron chi connectivity index (χ2n) is 4.12. The molecule has 0 aromatic carbocycles. The number of hydrogen-bond donors (Lipinski definition) is 0. The van der Waals surface area contributed by atoms with Gasteiger partial charge in [-0.1, -0.05) is 6.58 Å². The number of nitrogens with zero attached hydrogens (tertiary/aromatic N) is 2. The Hall–Kier alpha value is -0.580. The molecule has 1 unspecified atom stereocenters. The van der Waals surface area contributed by atoms with Crippen LogP contribution in [0, 0.1) is 0 Å². The van der Waals surface area contributed by atoms with Crippen molar-refractivity contribution >= 4 is 0 Å². The molecule has 0 aromatic heterocycles. The van der Waals surface area contributed by atoms with Gasteiger partial charge in [0, 0.05) is 33.3 Å². The molecular weight excluding hydrogens is 204 g/mol. The minimum absolute atomic E-state index is 0.220. The van der Waals surface area contributed by atoms with E-state index in [0.29, 0.717) is 6.61 Å². The summed E-state index contributed by atoms with van der Waals surface area (Å²) in [5.41, 5.74) is 0. The van der Waals surface area contributed by atoms with Crippen molar-refractivity contribution in [2.45, 2.75) is 20.1 Å². The molecule has 0 N–H and O–H groups in total. The highest BCUT2D eigenvalue weighted by Gasteiger charge is 2.20. The topological polar surface area (TPSA) is 24.9 Å². The van der Waals surface area contributed by atoms with Crippen LogP contribution in [0.25, 0.3) is 0 Å². The van der Waals surface area contributed by atoms with Crippen LogP contribution in [0.1, 0.15) is 13.8 Å². The van der Waals surface area contributed by atoms with Crippen molar-refractivity contribution in [2.75, 3.05) is 46.4 Å². The van der Waals surface area contributed by atoms with Crippen LogP contribution in [0.2, 0.25) is 0 Å². The highest BCUT2D eigenvalue weighted by molar-refractivity contribution is 4.88. The fourth-order valence-corrected chi connectivity index (χ4v) is 1.93. The molecule has 1 fully saturated rings. The van der Waals surface area contributed by atoms with Crippen LogP contribution in [0.15, 0.2) is 12.3 Å². The molecule has 0 radical (unpaired) electrons. The van der Waals surface area contributed by atoms with E-state index in [2.05, 4.69) is 23.3 Å². The number of methoxy groups -OCH3 is 1. The third kappa shape index (κ3) is 4.12. The first-order valence-electron chi connectivity index (χ1n) is 5.97. The summed E-state index contributed by atoms with van der Waals surface area (Å²) in [6.07, 6.45) is 0.220. The normalized spacial score (nSPS) is 20.7. The van der Waals surface area contributed by atoms with Gasteiger partial charge in [0.15, 0.2) is 0 Å². The van der Waals surface area contributed by atoms with Gasteiger partial charge in [0.1, 0.15) is 12.0 Å². The maximum absolute atomic E-state index is 5.37. The lowest BCUT2D eigenvalue weighted by Gasteiger charge is -2.37. The van der Waals surface area contributed by atoms with Crippen molar-refractivity contribution in [2.24, 2.45) is 0 Å². The predicted molar refractivity (Wildman–Crippen MR) is 65.3 cm³/mol. The summed E-state index contributed by atoms with van der Waals surface area (Å²) in [4.78, 5) is 4.72. The monoisotopic (exact) mass is 228 g/mol. The van der Waals surface area contributed by atoms with Crippen molar-refractivity contribution in [3.05, 3.63) is 12.3 Å². The van der Waals surface area contributed by atoms with Crippen molar-refractivity contribution in [1.82, 2.24) is 9.80 Å². The van der Waals surface area contributed by atoms with E-state index < -0.39 is 0 Å². The molecule has 4 nitrogen and oxygen atoms in total. The van der Waals surface area contributed by atoms with Gasteiger partial charge in [-0.05, 0) is 13.8 Å². The smallest absolute Gasteiger partial charge is 0.107 e. The summed E-state index contributed by atoms with van der Waals surface area (Å²) in [5.74, 6) is 0.871. The first kappa shape index (κ1) is 13.5. The molecule has 0 spiro atoms. The van der Waals surface area contributed by atoms with E-state index in [-0.39, 0.29) is 6.23 Å². The number of rotatable bonds is 6. The predicted octanol–water partition coefficient (Wildman–Crippen LogP) is 1.15. The molecule has 0 saturated carbocycles. The Balaban J connectivity index is 2.24. The molecule has 94 valence electrons. The van der Waals surface area contributed by atoms with Gasteiger partial charge >= 0.3 is 0 Å². The van der Waals surface area contributed by atoms with E-state index in [1.807, 2.05) is 6.92 Å². The molecule has 1 atom stereocenters. The maximum Gasteiger partial charge on any atom is 0.107 e. The number of piperazine rings is 1. The van der Waals surface area contributed by atoms with Gasteiger partial charge in [-0.2, -0.15) is 0 Å². The largest absolute Gasteiger partial charge is 0.497 e. The lowest BCUT2D eigenvalue weighted by atomic mass is 10.3.